The number of rotatable bonds is 4. The lowest BCUT2D eigenvalue weighted by Gasteiger charge is -2.23. The molecule has 0 saturated carbocycles. The molecule has 2 saturated heterocycles. The van der Waals surface area contributed by atoms with Gasteiger partial charge in [-0.2, -0.15) is 0 Å². The largest absolute Gasteiger partial charge is 0.366 e. The second kappa shape index (κ2) is 5.17. The molecule has 5 heteroatoms. The maximum atomic E-state index is 4.41. The van der Waals surface area contributed by atoms with Crippen LogP contribution in [0.15, 0.2) is 25.0 Å². The summed E-state index contributed by atoms with van der Waals surface area (Å²) in [6.07, 6.45) is 6.02. The number of hydrogen-bond donors (Lipinski definition) is 2. The normalized spacial score (nSPS) is 26.0. The van der Waals surface area contributed by atoms with Gasteiger partial charge in [-0.25, -0.2) is 9.97 Å². The zero-order valence-electron chi connectivity index (χ0n) is 11.2. The standard InChI is InChI=1S/C14H21N5/c1-2-5-16-12-8-13(18-11-17-12)19-7-4-14(10-19)3-6-15-9-14/h2,8,11,15H,1,3-7,9-10H2,(H,16,17,18). The molecule has 102 valence electrons. The third-order valence-electron chi connectivity index (χ3n) is 4.17. The lowest BCUT2D eigenvalue weighted by atomic mass is 9.87. The number of anilines is 2. The summed E-state index contributed by atoms with van der Waals surface area (Å²) in [5, 5.41) is 6.69. The van der Waals surface area contributed by atoms with Crippen molar-refractivity contribution in [3.05, 3.63) is 25.0 Å². The maximum Gasteiger partial charge on any atom is 0.134 e. The Kier molecular flexibility index (Phi) is 3.38. The summed E-state index contributed by atoms with van der Waals surface area (Å²) in [7, 11) is 0. The Bertz CT molecular complexity index is 453. The molecule has 1 spiro atoms. The van der Waals surface area contributed by atoms with Gasteiger partial charge in [0.25, 0.3) is 0 Å². The van der Waals surface area contributed by atoms with Crippen molar-refractivity contribution in [3.8, 4) is 0 Å². The maximum absolute atomic E-state index is 4.41. The third kappa shape index (κ3) is 2.56. The van der Waals surface area contributed by atoms with Crippen LogP contribution < -0.4 is 15.5 Å². The van der Waals surface area contributed by atoms with Gasteiger partial charge in [-0.1, -0.05) is 6.08 Å². The summed E-state index contributed by atoms with van der Waals surface area (Å²) in [5.41, 5.74) is 0.472. The second-order valence-electron chi connectivity index (χ2n) is 5.53. The van der Waals surface area contributed by atoms with Crippen molar-refractivity contribution in [1.82, 2.24) is 15.3 Å². The van der Waals surface area contributed by atoms with Crippen LogP contribution in [0.4, 0.5) is 11.6 Å². The Balaban J connectivity index is 1.70. The van der Waals surface area contributed by atoms with E-state index in [0.717, 1.165) is 44.4 Å². The molecule has 3 heterocycles. The first-order valence-electron chi connectivity index (χ1n) is 6.94. The van der Waals surface area contributed by atoms with Crippen molar-refractivity contribution in [2.24, 2.45) is 5.41 Å². The third-order valence-corrected chi connectivity index (χ3v) is 4.17. The zero-order valence-corrected chi connectivity index (χ0v) is 11.2. The van der Waals surface area contributed by atoms with Gasteiger partial charge in [-0.3, -0.25) is 0 Å². The molecule has 1 aromatic rings. The average Bonchev–Trinajstić information content (AvgIpc) is 3.08. The van der Waals surface area contributed by atoms with Gasteiger partial charge >= 0.3 is 0 Å². The molecule has 0 radical (unpaired) electrons. The quantitative estimate of drug-likeness (QED) is 0.797. The zero-order chi connectivity index (χ0) is 13.1. The molecule has 2 aliphatic rings. The number of nitrogens with one attached hydrogen (secondary N) is 2. The van der Waals surface area contributed by atoms with E-state index in [0.29, 0.717) is 5.41 Å². The molecule has 2 aliphatic heterocycles. The Hall–Kier alpha value is -1.62. The molecular weight excluding hydrogens is 238 g/mol. The van der Waals surface area contributed by atoms with Crippen LogP contribution in [-0.4, -0.2) is 42.7 Å². The van der Waals surface area contributed by atoms with Crippen molar-refractivity contribution in [3.63, 3.8) is 0 Å². The van der Waals surface area contributed by atoms with Crippen molar-refractivity contribution in [1.29, 1.82) is 0 Å². The van der Waals surface area contributed by atoms with Crippen LogP contribution in [-0.2, 0) is 0 Å². The summed E-state index contributed by atoms with van der Waals surface area (Å²) in [5.74, 6) is 1.90. The molecule has 1 aromatic heterocycles. The number of hydrogen-bond acceptors (Lipinski definition) is 5. The second-order valence-corrected chi connectivity index (χ2v) is 5.53. The van der Waals surface area contributed by atoms with Crippen LogP contribution in [0.3, 0.4) is 0 Å². The first kappa shape index (κ1) is 12.4. The summed E-state index contributed by atoms with van der Waals surface area (Å²) in [6, 6.07) is 2.03. The Morgan fingerprint density at radius 1 is 1.47 bits per heavy atom. The molecule has 3 rings (SSSR count). The van der Waals surface area contributed by atoms with Crippen LogP contribution in [0.2, 0.25) is 0 Å². The highest BCUT2D eigenvalue weighted by molar-refractivity contribution is 5.49. The van der Waals surface area contributed by atoms with Gasteiger partial charge in [0, 0.05) is 37.7 Å². The smallest absolute Gasteiger partial charge is 0.134 e. The SMILES string of the molecule is C=CCNc1cc(N2CCC3(CCNC3)C2)ncn1. The van der Waals surface area contributed by atoms with Crippen molar-refractivity contribution in [2.45, 2.75) is 12.8 Å². The van der Waals surface area contributed by atoms with Gasteiger partial charge in [0.15, 0.2) is 0 Å². The van der Waals surface area contributed by atoms with Crippen LogP contribution in [0.1, 0.15) is 12.8 Å². The molecule has 2 N–H and O–H groups in total. The van der Waals surface area contributed by atoms with Gasteiger partial charge in [-0.05, 0) is 19.4 Å². The van der Waals surface area contributed by atoms with Crippen LogP contribution in [0.5, 0.6) is 0 Å². The summed E-state index contributed by atoms with van der Waals surface area (Å²) < 4.78 is 0. The fraction of sp³-hybridized carbons (Fsp3) is 0.571. The van der Waals surface area contributed by atoms with E-state index < -0.39 is 0 Å². The van der Waals surface area contributed by atoms with Crippen LogP contribution in [0, 0.1) is 5.41 Å². The van der Waals surface area contributed by atoms with Gasteiger partial charge in [0.05, 0.1) is 0 Å². The minimum Gasteiger partial charge on any atom is -0.366 e. The Labute approximate surface area is 114 Å². The van der Waals surface area contributed by atoms with Crippen LogP contribution >= 0.6 is 0 Å². The highest BCUT2D eigenvalue weighted by Gasteiger charge is 2.40. The van der Waals surface area contributed by atoms with Gasteiger partial charge in [0.1, 0.15) is 18.0 Å². The molecule has 1 atom stereocenters. The topological polar surface area (TPSA) is 53.1 Å². The predicted molar refractivity (Wildman–Crippen MR) is 77.5 cm³/mol. The van der Waals surface area contributed by atoms with Gasteiger partial charge in [0.2, 0.25) is 0 Å². The summed E-state index contributed by atoms with van der Waals surface area (Å²) >= 11 is 0. The van der Waals surface area contributed by atoms with Gasteiger partial charge < -0.3 is 15.5 Å². The van der Waals surface area contributed by atoms with Crippen molar-refractivity contribution >= 4 is 11.6 Å². The molecule has 5 nitrogen and oxygen atoms in total. The van der Waals surface area contributed by atoms with E-state index in [1.54, 1.807) is 6.33 Å². The van der Waals surface area contributed by atoms with Crippen molar-refractivity contribution in [2.75, 3.05) is 42.9 Å². The van der Waals surface area contributed by atoms with E-state index in [9.17, 15) is 0 Å². The lowest BCUT2D eigenvalue weighted by molar-refractivity contribution is 0.369. The Morgan fingerprint density at radius 2 is 2.42 bits per heavy atom. The fourth-order valence-corrected chi connectivity index (χ4v) is 3.07. The highest BCUT2D eigenvalue weighted by atomic mass is 15.2. The predicted octanol–water partition coefficient (Wildman–Crippen LogP) is 1.26. The molecule has 19 heavy (non-hydrogen) atoms. The minimum absolute atomic E-state index is 0.472. The molecule has 0 aliphatic carbocycles. The van der Waals surface area contributed by atoms with Crippen LogP contribution in [0.25, 0.3) is 0 Å². The van der Waals surface area contributed by atoms with E-state index in [-0.39, 0.29) is 0 Å². The molecule has 0 aromatic carbocycles. The summed E-state index contributed by atoms with van der Waals surface area (Å²) in [6.45, 7) is 8.94. The van der Waals surface area contributed by atoms with E-state index in [1.807, 2.05) is 12.1 Å². The number of nitrogens with zero attached hydrogens (tertiary/aromatic N) is 3. The first-order valence-corrected chi connectivity index (χ1v) is 6.94. The molecule has 0 bridgehead atoms. The Morgan fingerprint density at radius 3 is 3.21 bits per heavy atom. The molecule has 2 fully saturated rings. The lowest BCUT2D eigenvalue weighted by Crippen LogP contribution is -2.29. The molecule has 0 amide bonds. The monoisotopic (exact) mass is 259 g/mol. The van der Waals surface area contributed by atoms with E-state index in [1.165, 1.54) is 12.8 Å². The van der Waals surface area contributed by atoms with Crippen molar-refractivity contribution < 1.29 is 0 Å². The van der Waals surface area contributed by atoms with Gasteiger partial charge in [-0.15, -0.1) is 6.58 Å². The summed E-state index contributed by atoms with van der Waals surface area (Å²) in [4.78, 5) is 11.0. The molecular formula is C14H21N5. The van der Waals surface area contributed by atoms with E-state index in [2.05, 4.69) is 32.1 Å². The fourth-order valence-electron chi connectivity index (χ4n) is 3.07. The van der Waals surface area contributed by atoms with E-state index >= 15 is 0 Å². The minimum atomic E-state index is 0.472. The molecule has 1 unspecified atom stereocenters. The number of aromatic nitrogens is 2. The average molecular weight is 259 g/mol. The first-order chi connectivity index (χ1) is 9.31. The van der Waals surface area contributed by atoms with E-state index in [4.69, 9.17) is 0 Å². The highest BCUT2D eigenvalue weighted by Crippen LogP contribution is 2.37.